The van der Waals surface area contributed by atoms with Gasteiger partial charge in [-0.3, -0.25) is 0 Å². The smallest absolute Gasteiger partial charge is 0.186 e. The Morgan fingerprint density at radius 2 is 1.85 bits per heavy atom. The molecular formula is C16H14N4. The molecule has 1 aromatic heterocycles. The Balaban J connectivity index is 2.32. The van der Waals surface area contributed by atoms with Crippen LogP contribution in [0.15, 0.2) is 42.5 Å². The molecular weight excluding hydrogens is 248 g/mol. The molecule has 3 aromatic rings. The van der Waals surface area contributed by atoms with Gasteiger partial charge in [0.05, 0.1) is 11.4 Å². The molecule has 4 nitrogen and oxygen atoms in total. The van der Waals surface area contributed by atoms with Crippen molar-refractivity contribution >= 4 is 10.8 Å². The van der Waals surface area contributed by atoms with Crippen molar-refractivity contribution in [3.63, 3.8) is 0 Å². The van der Waals surface area contributed by atoms with Crippen molar-refractivity contribution in [3.8, 4) is 11.8 Å². The van der Waals surface area contributed by atoms with Gasteiger partial charge in [0.1, 0.15) is 6.07 Å². The molecule has 20 heavy (non-hydrogen) atoms. The predicted octanol–water partition coefficient (Wildman–Crippen LogP) is 3.42. The molecule has 0 atom stereocenters. The number of aromatic nitrogens is 3. The first-order valence-electron chi connectivity index (χ1n) is 6.56. The quantitative estimate of drug-likeness (QED) is 0.711. The highest BCUT2D eigenvalue weighted by atomic mass is 15.4. The zero-order valence-electron chi connectivity index (χ0n) is 11.4. The Morgan fingerprint density at radius 3 is 2.60 bits per heavy atom. The van der Waals surface area contributed by atoms with Gasteiger partial charge < -0.3 is 0 Å². The van der Waals surface area contributed by atoms with Gasteiger partial charge in [0.15, 0.2) is 5.69 Å². The molecule has 4 heteroatoms. The van der Waals surface area contributed by atoms with Gasteiger partial charge in [0.25, 0.3) is 0 Å². The number of hydrogen-bond donors (Lipinski definition) is 0. The zero-order chi connectivity index (χ0) is 14.1. The lowest BCUT2D eigenvalue weighted by molar-refractivity contribution is 0.718. The second-order valence-corrected chi connectivity index (χ2v) is 5.00. The van der Waals surface area contributed by atoms with Crippen LogP contribution in [0.4, 0.5) is 0 Å². The van der Waals surface area contributed by atoms with E-state index >= 15 is 0 Å². The maximum absolute atomic E-state index is 9.17. The average Bonchev–Trinajstić information content (AvgIpc) is 2.90. The molecule has 0 saturated carbocycles. The van der Waals surface area contributed by atoms with Gasteiger partial charge in [-0.1, -0.05) is 55.5 Å². The Morgan fingerprint density at radius 1 is 1.10 bits per heavy atom. The van der Waals surface area contributed by atoms with Crippen LogP contribution in [0.2, 0.25) is 0 Å². The van der Waals surface area contributed by atoms with Crippen LogP contribution in [0.5, 0.6) is 0 Å². The van der Waals surface area contributed by atoms with E-state index in [1.165, 1.54) is 0 Å². The van der Waals surface area contributed by atoms with Crippen LogP contribution in [0.1, 0.15) is 31.2 Å². The number of rotatable bonds is 2. The number of benzene rings is 2. The Labute approximate surface area is 117 Å². The summed E-state index contributed by atoms with van der Waals surface area (Å²) in [5.41, 5.74) is 2.21. The standard InChI is InChI=1S/C16H14N4/c1-11(2)16-14(10-17)18-19-20(16)15-9-5-7-12-6-3-4-8-13(12)15/h3-9,11H,1-2H3. The Kier molecular flexibility index (Phi) is 2.96. The maximum Gasteiger partial charge on any atom is 0.186 e. The van der Waals surface area contributed by atoms with Crippen LogP contribution in [-0.4, -0.2) is 15.0 Å². The molecule has 98 valence electrons. The van der Waals surface area contributed by atoms with Crippen molar-refractivity contribution in [1.29, 1.82) is 5.26 Å². The van der Waals surface area contributed by atoms with Crippen molar-refractivity contribution in [2.75, 3.05) is 0 Å². The summed E-state index contributed by atoms with van der Waals surface area (Å²) in [6.45, 7) is 4.09. The van der Waals surface area contributed by atoms with E-state index in [0.717, 1.165) is 22.2 Å². The van der Waals surface area contributed by atoms with Crippen LogP contribution >= 0.6 is 0 Å². The lowest BCUT2D eigenvalue weighted by atomic mass is 10.1. The van der Waals surface area contributed by atoms with Gasteiger partial charge in [-0.15, -0.1) is 5.10 Å². The topological polar surface area (TPSA) is 54.5 Å². The third-order valence-electron chi connectivity index (χ3n) is 3.35. The SMILES string of the molecule is CC(C)c1c(C#N)nnn1-c1cccc2ccccc12. The lowest BCUT2D eigenvalue weighted by Crippen LogP contribution is -2.05. The number of fused-ring (bicyclic) bond motifs is 1. The summed E-state index contributed by atoms with van der Waals surface area (Å²) in [6.07, 6.45) is 0. The summed E-state index contributed by atoms with van der Waals surface area (Å²) in [4.78, 5) is 0. The lowest BCUT2D eigenvalue weighted by Gasteiger charge is -2.11. The van der Waals surface area contributed by atoms with Crippen LogP contribution in [0.3, 0.4) is 0 Å². The third kappa shape index (κ3) is 1.84. The van der Waals surface area contributed by atoms with E-state index in [2.05, 4.69) is 34.6 Å². The van der Waals surface area contributed by atoms with Gasteiger partial charge in [-0.05, 0) is 17.4 Å². The van der Waals surface area contributed by atoms with Crippen LogP contribution < -0.4 is 0 Å². The average molecular weight is 262 g/mol. The van der Waals surface area contributed by atoms with Crippen LogP contribution in [0, 0.1) is 11.3 Å². The van der Waals surface area contributed by atoms with Crippen LogP contribution in [-0.2, 0) is 0 Å². The van der Waals surface area contributed by atoms with Gasteiger partial charge in [0, 0.05) is 5.39 Å². The highest BCUT2D eigenvalue weighted by Gasteiger charge is 2.18. The Hall–Kier alpha value is -2.67. The fourth-order valence-electron chi connectivity index (χ4n) is 2.46. The molecule has 0 unspecified atom stereocenters. The van der Waals surface area contributed by atoms with Crippen LogP contribution in [0.25, 0.3) is 16.5 Å². The molecule has 1 heterocycles. The first-order chi connectivity index (χ1) is 9.72. The summed E-state index contributed by atoms with van der Waals surface area (Å²) in [5, 5.41) is 19.6. The van der Waals surface area contributed by atoms with Crippen molar-refractivity contribution in [2.45, 2.75) is 19.8 Å². The minimum Gasteiger partial charge on any atom is -0.215 e. The number of nitriles is 1. The molecule has 0 fully saturated rings. The van der Waals surface area contributed by atoms with Gasteiger partial charge >= 0.3 is 0 Å². The van der Waals surface area contributed by atoms with E-state index in [1.54, 1.807) is 4.68 Å². The minimum absolute atomic E-state index is 0.179. The molecule has 2 aromatic carbocycles. The second-order valence-electron chi connectivity index (χ2n) is 5.00. The monoisotopic (exact) mass is 262 g/mol. The molecule has 0 spiro atoms. The highest BCUT2D eigenvalue weighted by Crippen LogP contribution is 2.26. The molecule has 0 aliphatic carbocycles. The summed E-state index contributed by atoms with van der Waals surface area (Å²) in [5.74, 6) is 0.179. The van der Waals surface area contributed by atoms with Crippen molar-refractivity contribution in [2.24, 2.45) is 0 Å². The molecule has 0 aliphatic heterocycles. The van der Waals surface area contributed by atoms with E-state index in [1.807, 2.05) is 38.1 Å². The van der Waals surface area contributed by atoms with Crippen molar-refractivity contribution < 1.29 is 0 Å². The molecule has 0 amide bonds. The summed E-state index contributed by atoms with van der Waals surface area (Å²) < 4.78 is 1.78. The summed E-state index contributed by atoms with van der Waals surface area (Å²) in [6, 6.07) is 16.3. The van der Waals surface area contributed by atoms with Gasteiger partial charge in [-0.2, -0.15) is 5.26 Å². The highest BCUT2D eigenvalue weighted by molar-refractivity contribution is 5.90. The largest absolute Gasteiger partial charge is 0.215 e. The fourth-order valence-corrected chi connectivity index (χ4v) is 2.46. The zero-order valence-corrected chi connectivity index (χ0v) is 11.4. The van der Waals surface area contributed by atoms with Gasteiger partial charge in [0.2, 0.25) is 0 Å². The summed E-state index contributed by atoms with van der Waals surface area (Å²) in [7, 11) is 0. The Bertz CT molecular complexity index is 803. The van der Waals surface area contributed by atoms with Crippen molar-refractivity contribution in [1.82, 2.24) is 15.0 Å². The van der Waals surface area contributed by atoms with E-state index in [9.17, 15) is 5.26 Å². The number of hydrogen-bond acceptors (Lipinski definition) is 3. The molecule has 0 aliphatic rings. The van der Waals surface area contributed by atoms with E-state index < -0.39 is 0 Å². The van der Waals surface area contributed by atoms with E-state index in [4.69, 9.17) is 0 Å². The predicted molar refractivity (Wildman–Crippen MR) is 77.7 cm³/mol. The molecule has 0 bridgehead atoms. The van der Waals surface area contributed by atoms with E-state index in [-0.39, 0.29) is 5.92 Å². The molecule has 0 radical (unpaired) electrons. The molecule has 3 rings (SSSR count). The number of nitrogens with zero attached hydrogens (tertiary/aromatic N) is 4. The minimum atomic E-state index is 0.179. The molecule has 0 saturated heterocycles. The van der Waals surface area contributed by atoms with Gasteiger partial charge in [-0.25, -0.2) is 4.68 Å². The second kappa shape index (κ2) is 4.78. The molecule has 0 N–H and O–H groups in total. The normalized spacial score (nSPS) is 10.9. The first-order valence-corrected chi connectivity index (χ1v) is 6.56. The summed E-state index contributed by atoms with van der Waals surface area (Å²) >= 11 is 0. The van der Waals surface area contributed by atoms with E-state index in [0.29, 0.717) is 5.69 Å². The maximum atomic E-state index is 9.17. The third-order valence-corrected chi connectivity index (χ3v) is 3.35. The van der Waals surface area contributed by atoms with Crippen molar-refractivity contribution in [3.05, 3.63) is 53.9 Å². The fraction of sp³-hybridized carbons (Fsp3) is 0.188. The first kappa shape index (κ1) is 12.4.